The van der Waals surface area contributed by atoms with Crippen LogP contribution in [-0.2, 0) is 32.0 Å². The van der Waals surface area contributed by atoms with Crippen molar-refractivity contribution in [3.8, 4) is 5.69 Å². The number of nitrogens with one attached hydrogen (secondary N) is 3. The molecule has 12 heteroatoms. The zero-order chi connectivity index (χ0) is 30.2. The van der Waals surface area contributed by atoms with Crippen molar-refractivity contribution in [2.24, 2.45) is 0 Å². The molecule has 3 N–H and O–H groups in total. The fraction of sp³-hybridized carbons (Fsp3) is 0.161. The predicted molar refractivity (Wildman–Crippen MR) is 163 cm³/mol. The van der Waals surface area contributed by atoms with Crippen LogP contribution in [0, 0.1) is 0 Å². The van der Waals surface area contributed by atoms with E-state index < -0.39 is 17.9 Å². The number of amides is 2. The van der Waals surface area contributed by atoms with E-state index in [2.05, 4.69) is 31.1 Å². The summed E-state index contributed by atoms with van der Waals surface area (Å²) in [6, 6.07) is 19.0. The number of nitrogens with zero attached hydrogens (tertiary/aromatic N) is 4. The van der Waals surface area contributed by atoms with Crippen molar-refractivity contribution in [2.75, 3.05) is 11.9 Å². The molecule has 0 saturated carbocycles. The fourth-order valence-electron chi connectivity index (χ4n) is 4.58. The van der Waals surface area contributed by atoms with Crippen LogP contribution in [0.5, 0.6) is 0 Å². The molecule has 0 unspecified atom stereocenters. The minimum absolute atomic E-state index is 0.103. The van der Waals surface area contributed by atoms with Gasteiger partial charge in [-0.2, -0.15) is 4.68 Å². The van der Waals surface area contributed by atoms with Crippen LogP contribution in [0.15, 0.2) is 85.3 Å². The maximum Gasteiger partial charge on any atom is 0.310 e. The van der Waals surface area contributed by atoms with Crippen molar-refractivity contribution in [1.29, 1.82) is 0 Å². The van der Waals surface area contributed by atoms with Gasteiger partial charge >= 0.3 is 5.97 Å². The van der Waals surface area contributed by atoms with Crippen LogP contribution < -0.4 is 10.6 Å². The van der Waals surface area contributed by atoms with Gasteiger partial charge in [0.15, 0.2) is 0 Å². The van der Waals surface area contributed by atoms with E-state index in [-0.39, 0.29) is 18.8 Å². The average molecular weight is 598 g/mol. The summed E-state index contributed by atoms with van der Waals surface area (Å²) >= 11 is 6.19. The average Bonchev–Trinajstić information content (AvgIpc) is 3.67. The van der Waals surface area contributed by atoms with Gasteiger partial charge < -0.3 is 20.4 Å². The lowest BCUT2D eigenvalue weighted by atomic mass is 10.0. The molecule has 0 aliphatic heterocycles. The number of hydrogen-bond donors (Lipinski definition) is 3. The molecule has 5 aromatic rings. The molecule has 0 fully saturated rings. The van der Waals surface area contributed by atoms with Crippen molar-refractivity contribution in [1.82, 2.24) is 30.5 Å². The number of H-pyrrole nitrogens is 1. The number of fused-ring (bicyclic) bond motifs is 1. The first-order valence-corrected chi connectivity index (χ1v) is 13.9. The van der Waals surface area contributed by atoms with Gasteiger partial charge in [0.05, 0.1) is 18.7 Å². The summed E-state index contributed by atoms with van der Waals surface area (Å²) in [7, 11) is 0. The number of benzene rings is 3. The highest BCUT2D eigenvalue weighted by Gasteiger charge is 2.21. The molecule has 0 radical (unpaired) electrons. The van der Waals surface area contributed by atoms with E-state index in [0.717, 1.165) is 22.0 Å². The van der Waals surface area contributed by atoms with E-state index in [1.807, 2.05) is 36.4 Å². The molecule has 0 bridgehead atoms. The number of tetrazole rings is 1. The van der Waals surface area contributed by atoms with Crippen LogP contribution in [-0.4, -0.2) is 55.6 Å². The smallest absolute Gasteiger partial charge is 0.310 e. The fourth-order valence-corrected chi connectivity index (χ4v) is 4.76. The molecular weight excluding hydrogens is 570 g/mol. The molecule has 1 atom stereocenters. The van der Waals surface area contributed by atoms with Crippen molar-refractivity contribution >= 4 is 52.1 Å². The van der Waals surface area contributed by atoms with E-state index >= 15 is 0 Å². The quantitative estimate of drug-likeness (QED) is 0.152. The van der Waals surface area contributed by atoms with E-state index in [9.17, 15) is 14.4 Å². The summed E-state index contributed by atoms with van der Waals surface area (Å²) in [5, 5.41) is 18.2. The van der Waals surface area contributed by atoms with Crippen LogP contribution in [0.25, 0.3) is 22.7 Å². The number of aromatic amines is 1. The zero-order valence-electron chi connectivity index (χ0n) is 23.2. The first-order valence-electron chi connectivity index (χ1n) is 13.5. The van der Waals surface area contributed by atoms with Gasteiger partial charge in [-0.3, -0.25) is 14.4 Å². The number of rotatable bonds is 11. The topological polar surface area (TPSA) is 144 Å². The Kier molecular flexibility index (Phi) is 9.23. The third kappa shape index (κ3) is 7.52. The predicted octanol–water partition coefficient (Wildman–Crippen LogP) is 4.28. The van der Waals surface area contributed by atoms with E-state index in [0.29, 0.717) is 28.6 Å². The minimum atomic E-state index is -0.890. The van der Waals surface area contributed by atoms with Crippen LogP contribution in [0.2, 0.25) is 5.02 Å². The van der Waals surface area contributed by atoms with Crippen LogP contribution in [0.1, 0.15) is 23.6 Å². The molecule has 11 nitrogen and oxygen atoms in total. The molecule has 0 spiro atoms. The summed E-state index contributed by atoms with van der Waals surface area (Å²) in [5.74, 6) is -1.21. The Bertz CT molecular complexity index is 1770. The largest absolute Gasteiger partial charge is 0.466 e. The van der Waals surface area contributed by atoms with E-state index in [4.69, 9.17) is 16.3 Å². The van der Waals surface area contributed by atoms with Crippen LogP contribution in [0.3, 0.4) is 0 Å². The normalized spacial score (nSPS) is 11.9. The first-order chi connectivity index (χ1) is 20.9. The second-order valence-corrected chi connectivity index (χ2v) is 10.0. The van der Waals surface area contributed by atoms with Gasteiger partial charge in [-0.05, 0) is 71.0 Å². The lowest BCUT2D eigenvalue weighted by molar-refractivity contribution is -0.142. The molecular formula is C31H28ClN7O4. The molecule has 2 aromatic heterocycles. The molecule has 43 heavy (non-hydrogen) atoms. The molecule has 218 valence electrons. The van der Waals surface area contributed by atoms with Crippen molar-refractivity contribution in [2.45, 2.75) is 25.8 Å². The number of carbonyl (C=O) groups is 3. The molecule has 0 aliphatic rings. The van der Waals surface area contributed by atoms with Gasteiger partial charge in [-0.1, -0.05) is 41.9 Å². The Morgan fingerprint density at radius 2 is 1.93 bits per heavy atom. The Hall–Kier alpha value is -5.29. The summed E-state index contributed by atoms with van der Waals surface area (Å²) in [6.45, 7) is 2.05. The number of halogens is 1. The van der Waals surface area contributed by atoms with Crippen molar-refractivity contribution in [3.63, 3.8) is 0 Å². The Morgan fingerprint density at radius 3 is 2.70 bits per heavy atom. The lowest BCUT2D eigenvalue weighted by Gasteiger charge is -2.18. The van der Waals surface area contributed by atoms with E-state index in [1.54, 1.807) is 49.5 Å². The van der Waals surface area contributed by atoms with E-state index in [1.165, 1.54) is 17.1 Å². The standard InChI is InChI=1S/C31H28ClN7O4/c1-2-43-30(41)16-22-18-33-26-11-10-24(17-25(22)26)35-31(42)27(14-20-6-4-3-5-7-20)36-29(40)13-8-21-15-23(32)9-12-28(21)39-19-34-37-38-39/h3-13,15,17-19,27,33H,2,14,16H2,1H3,(H,35,42)(H,36,40)/b13-8+/t27-/m0/s1. The summed E-state index contributed by atoms with van der Waals surface area (Å²) < 4.78 is 6.54. The maximum atomic E-state index is 13.5. The summed E-state index contributed by atoms with van der Waals surface area (Å²) in [5.41, 5.74) is 4.21. The summed E-state index contributed by atoms with van der Waals surface area (Å²) in [4.78, 5) is 41.8. The highest BCUT2D eigenvalue weighted by molar-refractivity contribution is 6.30. The number of anilines is 1. The van der Waals surface area contributed by atoms with Crippen molar-refractivity contribution in [3.05, 3.63) is 107 Å². The zero-order valence-corrected chi connectivity index (χ0v) is 23.9. The van der Waals surface area contributed by atoms with Gasteiger partial charge in [-0.15, -0.1) is 5.10 Å². The SMILES string of the molecule is CCOC(=O)Cc1c[nH]c2ccc(NC(=O)[C@H](Cc3ccccc3)NC(=O)/C=C/c3cc(Cl)ccc3-n3cnnn3)cc12. The van der Waals surface area contributed by atoms with Crippen LogP contribution >= 0.6 is 11.6 Å². The van der Waals surface area contributed by atoms with Gasteiger partial charge in [0.25, 0.3) is 0 Å². The first kappa shape index (κ1) is 29.2. The second kappa shape index (κ2) is 13.6. The molecule has 0 aliphatic carbocycles. The lowest BCUT2D eigenvalue weighted by Crippen LogP contribution is -2.44. The minimum Gasteiger partial charge on any atom is -0.466 e. The van der Waals surface area contributed by atoms with Crippen molar-refractivity contribution < 1.29 is 19.1 Å². The van der Waals surface area contributed by atoms with Crippen LogP contribution in [0.4, 0.5) is 5.69 Å². The second-order valence-electron chi connectivity index (χ2n) is 9.59. The highest BCUT2D eigenvalue weighted by Crippen LogP contribution is 2.24. The number of ether oxygens (including phenoxy) is 1. The highest BCUT2D eigenvalue weighted by atomic mass is 35.5. The Morgan fingerprint density at radius 1 is 1.09 bits per heavy atom. The molecule has 0 saturated heterocycles. The number of carbonyl (C=O) groups excluding carboxylic acids is 3. The van der Waals surface area contributed by atoms with Gasteiger partial charge in [0.1, 0.15) is 12.4 Å². The van der Waals surface area contributed by atoms with Gasteiger partial charge in [0, 0.05) is 45.9 Å². The third-order valence-electron chi connectivity index (χ3n) is 6.59. The molecule has 2 heterocycles. The molecule has 2 amide bonds. The van der Waals surface area contributed by atoms with Gasteiger partial charge in [-0.25, -0.2) is 0 Å². The number of aromatic nitrogens is 5. The maximum absolute atomic E-state index is 13.5. The molecule has 3 aromatic carbocycles. The molecule has 5 rings (SSSR count). The third-order valence-corrected chi connectivity index (χ3v) is 6.83. The number of esters is 1. The summed E-state index contributed by atoms with van der Waals surface area (Å²) in [6.07, 6.45) is 6.47. The van der Waals surface area contributed by atoms with Gasteiger partial charge in [0.2, 0.25) is 11.8 Å². The Balaban J connectivity index is 1.35. The number of hydrogen-bond acceptors (Lipinski definition) is 7. The monoisotopic (exact) mass is 597 g/mol. The Labute approximate surface area is 251 Å².